The van der Waals surface area contributed by atoms with Gasteiger partial charge in [0, 0.05) is 28.8 Å². The van der Waals surface area contributed by atoms with E-state index in [-0.39, 0.29) is 17.2 Å². The number of benzene rings is 2. The van der Waals surface area contributed by atoms with Crippen molar-refractivity contribution in [3.8, 4) is 0 Å². The van der Waals surface area contributed by atoms with Gasteiger partial charge in [0.05, 0.1) is 11.3 Å². The van der Waals surface area contributed by atoms with Gasteiger partial charge < -0.3 is 5.32 Å². The summed E-state index contributed by atoms with van der Waals surface area (Å²) in [7, 11) is -3.55. The maximum atomic E-state index is 12.8. The lowest BCUT2D eigenvalue weighted by molar-refractivity contribution is -0.115. The van der Waals surface area contributed by atoms with E-state index in [1.165, 1.54) is 10.4 Å². The van der Waals surface area contributed by atoms with E-state index in [0.717, 1.165) is 19.3 Å². The maximum absolute atomic E-state index is 12.8. The van der Waals surface area contributed by atoms with Crippen LogP contribution in [0.25, 0.3) is 0 Å². The zero-order chi connectivity index (χ0) is 19.4. The van der Waals surface area contributed by atoms with Gasteiger partial charge in [-0.05, 0) is 48.7 Å². The number of anilines is 1. The lowest BCUT2D eigenvalue weighted by atomic mass is 10.1. The SMILES string of the molecule is O=C(Cc1c(Cl)cccc1Cl)Nc1cccc(S(=O)(=O)N2CCCCC2)c1. The first-order valence-electron chi connectivity index (χ1n) is 8.71. The number of amides is 1. The maximum Gasteiger partial charge on any atom is 0.243 e. The van der Waals surface area contributed by atoms with Gasteiger partial charge in [-0.25, -0.2) is 8.42 Å². The van der Waals surface area contributed by atoms with Crippen molar-refractivity contribution < 1.29 is 13.2 Å². The molecule has 1 amide bonds. The fourth-order valence-electron chi connectivity index (χ4n) is 3.06. The summed E-state index contributed by atoms with van der Waals surface area (Å²) in [6.07, 6.45) is 2.79. The fourth-order valence-corrected chi connectivity index (χ4v) is 5.15. The van der Waals surface area contributed by atoms with Gasteiger partial charge in [0.1, 0.15) is 0 Å². The first-order valence-corrected chi connectivity index (χ1v) is 10.9. The third-order valence-electron chi connectivity index (χ3n) is 4.47. The molecule has 0 bridgehead atoms. The van der Waals surface area contributed by atoms with E-state index in [2.05, 4.69) is 5.32 Å². The lowest BCUT2D eigenvalue weighted by Gasteiger charge is -2.26. The standard InChI is InChI=1S/C19H20Cl2N2O3S/c20-17-8-5-9-18(21)16(17)13-19(24)22-14-6-4-7-15(12-14)27(25,26)23-10-2-1-3-11-23/h4-9,12H,1-3,10-11,13H2,(H,22,24). The molecule has 5 nitrogen and oxygen atoms in total. The molecule has 27 heavy (non-hydrogen) atoms. The number of nitrogens with one attached hydrogen (secondary N) is 1. The average molecular weight is 427 g/mol. The minimum Gasteiger partial charge on any atom is -0.326 e. The molecule has 8 heteroatoms. The number of sulfonamides is 1. The van der Waals surface area contributed by atoms with E-state index < -0.39 is 10.0 Å². The Balaban J connectivity index is 1.75. The van der Waals surface area contributed by atoms with Gasteiger partial charge in [-0.1, -0.05) is 41.8 Å². The Morgan fingerprint density at radius 1 is 1.00 bits per heavy atom. The molecule has 0 unspecified atom stereocenters. The number of carbonyl (C=O) groups is 1. The molecule has 2 aromatic rings. The highest BCUT2D eigenvalue weighted by Crippen LogP contribution is 2.26. The van der Waals surface area contributed by atoms with E-state index in [0.29, 0.717) is 34.4 Å². The van der Waals surface area contributed by atoms with Crippen molar-refractivity contribution in [1.29, 1.82) is 0 Å². The van der Waals surface area contributed by atoms with Crippen LogP contribution in [0.2, 0.25) is 10.0 Å². The van der Waals surface area contributed by atoms with Crippen LogP contribution in [-0.2, 0) is 21.2 Å². The summed E-state index contributed by atoms with van der Waals surface area (Å²) in [6.45, 7) is 1.06. The van der Waals surface area contributed by atoms with E-state index in [4.69, 9.17) is 23.2 Å². The molecule has 0 atom stereocenters. The molecule has 0 radical (unpaired) electrons. The number of nitrogens with zero attached hydrogens (tertiary/aromatic N) is 1. The third-order valence-corrected chi connectivity index (χ3v) is 7.07. The van der Waals surface area contributed by atoms with Crippen LogP contribution < -0.4 is 5.32 Å². The number of rotatable bonds is 5. The normalized spacial score (nSPS) is 15.5. The number of hydrogen-bond acceptors (Lipinski definition) is 3. The third kappa shape index (κ3) is 4.82. The van der Waals surface area contributed by atoms with Crippen molar-refractivity contribution in [2.45, 2.75) is 30.6 Å². The molecule has 0 saturated carbocycles. The molecular formula is C19H20Cl2N2O3S. The van der Waals surface area contributed by atoms with E-state index in [1.54, 1.807) is 36.4 Å². The van der Waals surface area contributed by atoms with E-state index in [1.807, 2.05) is 0 Å². The van der Waals surface area contributed by atoms with Crippen molar-refractivity contribution in [1.82, 2.24) is 4.31 Å². The summed E-state index contributed by atoms with van der Waals surface area (Å²) in [5, 5.41) is 3.55. The molecule has 144 valence electrons. The van der Waals surface area contributed by atoms with Crippen molar-refractivity contribution in [2.75, 3.05) is 18.4 Å². The van der Waals surface area contributed by atoms with Gasteiger partial charge in [0.25, 0.3) is 0 Å². The summed E-state index contributed by atoms with van der Waals surface area (Å²) in [6, 6.07) is 11.3. The molecule has 1 heterocycles. The van der Waals surface area contributed by atoms with Gasteiger partial charge in [-0.3, -0.25) is 4.79 Å². The number of piperidine rings is 1. The predicted molar refractivity (Wildman–Crippen MR) is 108 cm³/mol. The molecule has 2 aromatic carbocycles. The smallest absolute Gasteiger partial charge is 0.243 e. The van der Waals surface area contributed by atoms with Gasteiger partial charge in [-0.15, -0.1) is 0 Å². The Labute approximate surface area is 169 Å². The summed E-state index contributed by atoms with van der Waals surface area (Å²) in [4.78, 5) is 12.5. The molecule has 1 aliphatic rings. The van der Waals surface area contributed by atoms with Gasteiger partial charge in [-0.2, -0.15) is 4.31 Å². The number of halogens is 2. The average Bonchev–Trinajstić information content (AvgIpc) is 2.66. The highest BCUT2D eigenvalue weighted by molar-refractivity contribution is 7.89. The van der Waals surface area contributed by atoms with Crippen LogP contribution in [0.3, 0.4) is 0 Å². The molecule has 1 aliphatic heterocycles. The second-order valence-corrected chi connectivity index (χ2v) is 9.17. The Hall–Kier alpha value is -1.60. The Morgan fingerprint density at radius 2 is 1.63 bits per heavy atom. The highest BCUT2D eigenvalue weighted by atomic mass is 35.5. The molecule has 0 aliphatic carbocycles. The van der Waals surface area contributed by atoms with E-state index >= 15 is 0 Å². The molecule has 1 fully saturated rings. The Kier molecular flexibility index (Phi) is 6.42. The van der Waals surface area contributed by atoms with Crippen LogP contribution in [0.4, 0.5) is 5.69 Å². The summed E-state index contributed by atoms with van der Waals surface area (Å²) < 4.78 is 27.1. The van der Waals surface area contributed by atoms with Crippen molar-refractivity contribution in [2.24, 2.45) is 0 Å². The van der Waals surface area contributed by atoms with Crippen LogP contribution in [0, 0.1) is 0 Å². The largest absolute Gasteiger partial charge is 0.326 e. The van der Waals surface area contributed by atoms with E-state index in [9.17, 15) is 13.2 Å². The van der Waals surface area contributed by atoms with Crippen molar-refractivity contribution in [3.05, 3.63) is 58.1 Å². The predicted octanol–water partition coefficient (Wildman–Crippen LogP) is 4.35. The molecular weight excluding hydrogens is 407 g/mol. The molecule has 3 rings (SSSR count). The first-order chi connectivity index (χ1) is 12.9. The topological polar surface area (TPSA) is 66.5 Å². The molecule has 1 saturated heterocycles. The summed E-state index contributed by atoms with van der Waals surface area (Å²) in [5.41, 5.74) is 0.955. The summed E-state index contributed by atoms with van der Waals surface area (Å²) in [5.74, 6) is -0.322. The van der Waals surface area contributed by atoms with Gasteiger partial charge in [0.15, 0.2) is 0 Å². The highest BCUT2D eigenvalue weighted by Gasteiger charge is 2.26. The molecule has 0 aromatic heterocycles. The van der Waals surface area contributed by atoms with Crippen LogP contribution in [0.1, 0.15) is 24.8 Å². The Morgan fingerprint density at radius 3 is 2.30 bits per heavy atom. The molecule has 0 spiro atoms. The van der Waals surface area contributed by atoms with Crippen LogP contribution in [-0.4, -0.2) is 31.7 Å². The number of carbonyl (C=O) groups excluding carboxylic acids is 1. The van der Waals surface area contributed by atoms with Gasteiger partial charge >= 0.3 is 0 Å². The van der Waals surface area contributed by atoms with Crippen molar-refractivity contribution >= 4 is 44.8 Å². The number of hydrogen-bond donors (Lipinski definition) is 1. The van der Waals surface area contributed by atoms with Crippen molar-refractivity contribution in [3.63, 3.8) is 0 Å². The quantitative estimate of drug-likeness (QED) is 0.772. The lowest BCUT2D eigenvalue weighted by Crippen LogP contribution is -2.35. The second-order valence-electron chi connectivity index (χ2n) is 6.42. The van der Waals surface area contributed by atoms with Crippen LogP contribution in [0.15, 0.2) is 47.4 Å². The Bertz CT molecular complexity index is 921. The second kappa shape index (κ2) is 8.61. The van der Waals surface area contributed by atoms with Gasteiger partial charge in [0.2, 0.25) is 15.9 Å². The first kappa shape index (κ1) is 20.1. The van der Waals surface area contributed by atoms with Crippen LogP contribution in [0.5, 0.6) is 0 Å². The fraction of sp³-hybridized carbons (Fsp3) is 0.316. The zero-order valence-corrected chi connectivity index (χ0v) is 16.9. The minimum atomic E-state index is -3.55. The molecule has 1 N–H and O–H groups in total. The summed E-state index contributed by atoms with van der Waals surface area (Å²) >= 11 is 12.2. The monoisotopic (exact) mass is 426 g/mol. The van der Waals surface area contributed by atoms with Crippen LogP contribution >= 0.6 is 23.2 Å². The zero-order valence-electron chi connectivity index (χ0n) is 14.6. The minimum absolute atomic E-state index is 0.00160.